The van der Waals surface area contributed by atoms with Crippen molar-refractivity contribution in [3.63, 3.8) is 0 Å². The summed E-state index contributed by atoms with van der Waals surface area (Å²) in [6, 6.07) is 7.85. The molecule has 4 heteroatoms. The maximum absolute atomic E-state index is 12.6. The third-order valence-electron chi connectivity index (χ3n) is 4.62. The van der Waals surface area contributed by atoms with E-state index in [1.165, 1.54) is 6.42 Å². The number of benzene rings is 1. The Labute approximate surface area is 132 Å². The van der Waals surface area contributed by atoms with Crippen LogP contribution in [0.1, 0.15) is 49.4 Å². The molecule has 2 atom stereocenters. The molecule has 0 radical (unpaired) electrons. The van der Waals surface area contributed by atoms with E-state index < -0.39 is 0 Å². The van der Waals surface area contributed by atoms with E-state index in [0.717, 1.165) is 50.1 Å². The van der Waals surface area contributed by atoms with Crippen molar-refractivity contribution in [2.24, 2.45) is 0 Å². The van der Waals surface area contributed by atoms with Crippen molar-refractivity contribution in [1.82, 2.24) is 4.90 Å². The lowest BCUT2D eigenvalue weighted by Crippen LogP contribution is -2.41. The molecule has 1 aromatic carbocycles. The van der Waals surface area contributed by atoms with Gasteiger partial charge < -0.3 is 14.4 Å². The number of carbonyl (C=O) groups is 1. The fourth-order valence-corrected chi connectivity index (χ4v) is 3.22. The molecular formula is C18H25NO3. The van der Waals surface area contributed by atoms with Gasteiger partial charge in [-0.05, 0) is 63.3 Å². The third kappa shape index (κ3) is 3.61. The maximum atomic E-state index is 12.6. The average Bonchev–Trinajstić information content (AvgIpc) is 3.07. The topological polar surface area (TPSA) is 38.8 Å². The molecule has 2 saturated heterocycles. The second-order valence-electron chi connectivity index (χ2n) is 6.31. The summed E-state index contributed by atoms with van der Waals surface area (Å²) < 4.78 is 11.3. The van der Waals surface area contributed by atoms with Gasteiger partial charge in [0.05, 0.1) is 6.10 Å². The Hall–Kier alpha value is -1.55. The summed E-state index contributed by atoms with van der Waals surface area (Å²) in [6.07, 6.45) is 5.85. The molecule has 0 N–H and O–H groups in total. The summed E-state index contributed by atoms with van der Waals surface area (Å²) in [6.45, 7) is 4.44. The van der Waals surface area contributed by atoms with Gasteiger partial charge in [0.15, 0.2) is 0 Å². The quantitative estimate of drug-likeness (QED) is 0.857. The second-order valence-corrected chi connectivity index (χ2v) is 6.31. The molecule has 0 aromatic heterocycles. The molecule has 4 nitrogen and oxygen atoms in total. The van der Waals surface area contributed by atoms with Gasteiger partial charge in [-0.1, -0.05) is 0 Å². The van der Waals surface area contributed by atoms with Gasteiger partial charge in [0.25, 0.3) is 5.91 Å². The van der Waals surface area contributed by atoms with Crippen LogP contribution in [-0.4, -0.2) is 42.7 Å². The van der Waals surface area contributed by atoms with E-state index in [-0.39, 0.29) is 12.0 Å². The van der Waals surface area contributed by atoms with Crippen molar-refractivity contribution in [1.29, 1.82) is 0 Å². The number of nitrogens with zero attached hydrogens (tertiary/aromatic N) is 1. The molecule has 2 aliphatic rings. The highest BCUT2D eigenvalue weighted by Crippen LogP contribution is 2.21. The van der Waals surface area contributed by atoms with Crippen LogP contribution in [0.25, 0.3) is 0 Å². The minimum Gasteiger partial charge on any atom is -0.491 e. The summed E-state index contributed by atoms with van der Waals surface area (Å²) in [5.41, 5.74) is 0.748. The number of piperidine rings is 1. The third-order valence-corrected chi connectivity index (χ3v) is 4.62. The highest BCUT2D eigenvalue weighted by atomic mass is 16.5. The van der Waals surface area contributed by atoms with E-state index in [4.69, 9.17) is 9.47 Å². The lowest BCUT2D eigenvalue weighted by Gasteiger charge is -2.33. The van der Waals surface area contributed by atoms with Crippen molar-refractivity contribution < 1.29 is 14.3 Å². The minimum absolute atomic E-state index is 0.137. The minimum atomic E-state index is 0.137. The van der Waals surface area contributed by atoms with Gasteiger partial charge >= 0.3 is 0 Å². The van der Waals surface area contributed by atoms with Crippen LogP contribution in [0.3, 0.4) is 0 Å². The number of carbonyl (C=O) groups excluding carboxylic acids is 1. The summed E-state index contributed by atoms with van der Waals surface area (Å²) in [5, 5.41) is 0. The SMILES string of the molecule is C[C@@H]1CCCCN1C(=O)c1ccc(OC[C@H]2CCCO2)cc1. The number of amides is 1. The predicted octanol–water partition coefficient (Wildman–Crippen LogP) is 3.26. The van der Waals surface area contributed by atoms with E-state index in [1.54, 1.807) is 0 Å². The van der Waals surface area contributed by atoms with E-state index in [2.05, 4.69) is 6.92 Å². The van der Waals surface area contributed by atoms with Crippen LogP contribution in [0, 0.1) is 0 Å². The van der Waals surface area contributed by atoms with Crippen molar-refractivity contribution in [2.75, 3.05) is 19.8 Å². The van der Waals surface area contributed by atoms with Crippen LogP contribution in [0.5, 0.6) is 5.75 Å². The smallest absolute Gasteiger partial charge is 0.254 e. The van der Waals surface area contributed by atoms with Crippen molar-refractivity contribution in [2.45, 2.75) is 51.2 Å². The number of hydrogen-bond donors (Lipinski definition) is 0. The Balaban J connectivity index is 1.57. The molecular weight excluding hydrogens is 278 g/mol. The zero-order valence-corrected chi connectivity index (χ0v) is 13.3. The first-order chi connectivity index (χ1) is 10.7. The number of hydrogen-bond acceptors (Lipinski definition) is 3. The highest BCUT2D eigenvalue weighted by Gasteiger charge is 2.24. The first-order valence-corrected chi connectivity index (χ1v) is 8.39. The lowest BCUT2D eigenvalue weighted by atomic mass is 10.0. The Kier molecular flexibility index (Phi) is 4.98. The van der Waals surface area contributed by atoms with Gasteiger partial charge in [-0.2, -0.15) is 0 Å². The normalized spacial score (nSPS) is 25.2. The summed E-state index contributed by atoms with van der Waals surface area (Å²) in [7, 11) is 0. The predicted molar refractivity (Wildman–Crippen MR) is 85.3 cm³/mol. The first kappa shape index (κ1) is 15.3. The van der Waals surface area contributed by atoms with Crippen LogP contribution >= 0.6 is 0 Å². The van der Waals surface area contributed by atoms with E-state index in [0.29, 0.717) is 12.6 Å². The van der Waals surface area contributed by atoms with Crippen LogP contribution in [-0.2, 0) is 4.74 Å². The van der Waals surface area contributed by atoms with Crippen LogP contribution in [0.4, 0.5) is 0 Å². The number of ether oxygens (including phenoxy) is 2. The van der Waals surface area contributed by atoms with Crippen LogP contribution in [0.2, 0.25) is 0 Å². The summed E-state index contributed by atoms with van der Waals surface area (Å²) >= 11 is 0. The van der Waals surface area contributed by atoms with E-state index in [9.17, 15) is 4.79 Å². The van der Waals surface area contributed by atoms with E-state index >= 15 is 0 Å². The summed E-state index contributed by atoms with van der Waals surface area (Å²) in [5.74, 6) is 0.941. The molecule has 1 amide bonds. The van der Waals surface area contributed by atoms with Gasteiger partial charge in [-0.15, -0.1) is 0 Å². The second kappa shape index (κ2) is 7.14. The van der Waals surface area contributed by atoms with Crippen molar-refractivity contribution in [3.05, 3.63) is 29.8 Å². The average molecular weight is 303 g/mol. The fraction of sp³-hybridized carbons (Fsp3) is 0.611. The molecule has 2 fully saturated rings. The molecule has 1 aromatic rings. The molecule has 0 spiro atoms. The van der Waals surface area contributed by atoms with E-state index in [1.807, 2.05) is 29.2 Å². The van der Waals surface area contributed by atoms with Crippen molar-refractivity contribution in [3.8, 4) is 5.75 Å². The summed E-state index contributed by atoms with van der Waals surface area (Å²) in [4.78, 5) is 14.5. The largest absolute Gasteiger partial charge is 0.491 e. The molecule has 0 unspecified atom stereocenters. The highest BCUT2D eigenvalue weighted by molar-refractivity contribution is 5.94. The van der Waals surface area contributed by atoms with Crippen LogP contribution < -0.4 is 4.74 Å². The Morgan fingerprint density at radius 1 is 1.23 bits per heavy atom. The molecule has 3 rings (SSSR count). The molecule has 22 heavy (non-hydrogen) atoms. The first-order valence-electron chi connectivity index (χ1n) is 8.39. The van der Waals surface area contributed by atoms with Crippen LogP contribution in [0.15, 0.2) is 24.3 Å². The molecule has 0 saturated carbocycles. The zero-order valence-electron chi connectivity index (χ0n) is 13.3. The monoisotopic (exact) mass is 303 g/mol. The van der Waals surface area contributed by atoms with Gasteiger partial charge in [-0.3, -0.25) is 4.79 Å². The Bertz CT molecular complexity index is 494. The molecule has 2 aliphatic heterocycles. The van der Waals surface area contributed by atoms with Gasteiger partial charge in [0.1, 0.15) is 12.4 Å². The molecule has 120 valence electrons. The van der Waals surface area contributed by atoms with Crippen molar-refractivity contribution >= 4 is 5.91 Å². The maximum Gasteiger partial charge on any atom is 0.254 e. The van der Waals surface area contributed by atoms with Gasteiger partial charge in [-0.25, -0.2) is 0 Å². The van der Waals surface area contributed by atoms with Gasteiger partial charge in [0.2, 0.25) is 0 Å². The Morgan fingerprint density at radius 2 is 2.05 bits per heavy atom. The molecule has 0 aliphatic carbocycles. The number of likely N-dealkylation sites (tertiary alicyclic amines) is 1. The number of rotatable bonds is 4. The molecule has 2 heterocycles. The Morgan fingerprint density at radius 3 is 2.73 bits per heavy atom. The standard InChI is InChI=1S/C18H25NO3/c1-14-5-2-3-11-19(14)18(20)15-7-9-16(10-8-15)22-13-17-6-4-12-21-17/h7-10,14,17H,2-6,11-13H2,1H3/t14-,17-/m1/s1. The zero-order chi connectivity index (χ0) is 15.4. The molecule has 0 bridgehead atoms. The lowest BCUT2D eigenvalue weighted by molar-refractivity contribution is 0.0634. The fourth-order valence-electron chi connectivity index (χ4n) is 3.22. The van der Waals surface area contributed by atoms with Gasteiger partial charge in [0, 0.05) is 24.8 Å².